The highest BCUT2D eigenvalue weighted by atomic mass is 16.5. The van der Waals surface area contributed by atoms with Crippen LogP contribution in [0.1, 0.15) is 41.7 Å². The van der Waals surface area contributed by atoms with Crippen molar-refractivity contribution in [1.82, 2.24) is 0 Å². The second-order valence-electron chi connectivity index (χ2n) is 10.8. The third-order valence-electron chi connectivity index (χ3n) is 8.73. The molecular weight excluding hydrogens is 544 g/mol. The fourth-order valence-corrected chi connectivity index (χ4v) is 6.99. The second kappa shape index (κ2) is 10.3. The molecule has 0 N–H and O–H groups in total. The molecule has 4 aromatic rings. The first-order valence-electron chi connectivity index (χ1n) is 14.3. The topological polar surface area (TPSA) is 84.2 Å². The number of hydrogen-bond acceptors (Lipinski definition) is 7. The van der Waals surface area contributed by atoms with Crippen molar-refractivity contribution in [3.8, 4) is 0 Å². The average Bonchev–Trinajstić information content (AvgIpc) is 3.78. The highest BCUT2D eigenvalue weighted by Crippen LogP contribution is 2.58. The van der Waals surface area contributed by atoms with Gasteiger partial charge in [-0.2, -0.15) is 0 Å². The fourth-order valence-electron chi connectivity index (χ4n) is 6.99. The summed E-state index contributed by atoms with van der Waals surface area (Å²) in [4.78, 5) is 28.0. The predicted octanol–water partition coefficient (Wildman–Crippen LogP) is 6.93. The number of ether oxygens (including phenoxy) is 4. The first-order valence-corrected chi connectivity index (χ1v) is 14.3. The Morgan fingerprint density at radius 2 is 1.58 bits per heavy atom. The van der Waals surface area contributed by atoms with Crippen LogP contribution in [0.25, 0.3) is 22.3 Å². The number of carbonyl (C=O) groups excluding carboxylic acids is 2. The number of carbonyl (C=O) groups is 2. The zero-order valence-electron chi connectivity index (χ0n) is 24.1. The van der Waals surface area contributed by atoms with Crippen LogP contribution >= 0.6 is 0 Å². The van der Waals surface area contributed by atoms with E-state index in [-0.39, 0.29) is 11.1 Å². The molecule has 2 bridgehead atoms. The quantitative estimate of drug-likeness (QED) is 0.239. The van der Waals surface area contributed by atoms with Crippen LogP contribution in [0.2, 0.25) is 0 Å². The molecule has 0 radical (unpaired) electrons. The van der Waals surface area contributed by atoms with Gasteiger partial charge in [-0.3, -0.25) is 0 Å². The molecule has 7 nitrogen and oxygen atoms in total. The van der Waals surface area contributed by atoms with Crippen LogP contribution in [0.3, 0.4) is 0 Å². The number of allylic oxidation sites excluding steroid dienone is 2. The summed E-state index contributed by atoms with van der Waals surface area (Å²) in [6.45, 7) is 0. The summed E-state index contributed by atoms with van der Waals surface area (Å²) >= 11 is 0. The Morgan fingerprint density at radius 3 is 2.33 bits per heavy atom. The van der Waals surface area contributed by atoms with Crippen LogP contribution in [-0.4, -0.2) is 33.3 Å². The van der Waals surface area contributed by atoms with E-state index in [9.17, 15) is 9.59 Å². The number of benzene rings is 3. The van der Waals surface area contributed by atoms with Crippen LogP contribution in [0.5, 0.6) is 0 Å². The fraction of sp³-hybridized carbons (Fsp3) is 0.222. The van der Waals surface area contributed by atoms with E-state index in [1.807, 2.05) is 84.9 Å². The van der Waals surface area contributed by atoms with Crippen LogP contribution in [0, 0.1) is 5.92 Å². The van der Waals surface area contributed by atoms with Crippen molar-refractivity contribution in [2.24, 2.45) is 5.92 Å². The molecule has 1 aromatic heterocycles. The summed E-state index contributed by atoms with van der Waals surface area (Å²) in [6, 6.07) is 26.9. The first kappa shape index (κ1) is 26.8. The van der Waals surface area contributed by atoms with Crippen molar-refractivity contribution in [1.29, 1.82) is 0 Å². The molecule has 3 aliphatic rings. The van der Waals surface area contributed by atoms with Crippen molar-refractivity contribution in [2.75, 3.05) is 21.3 Å². The number of fused-ring (bicyclic) bond motifs is 7. The van der Waals surface area contributed by atoms with E-state index >= 15 is 0 Å². The lowest BCUT2D eigenvalue weighted by atomic mass is 9.74. The van der Waals surface area contributed by atoms with Gasteiger partial charge < -0.3 is 23.4 Å². The summed E-state index contributed by atoms with van der Waals surface area (Å²) in [7, 11) is 4.26. The van der Waals surface area contributed by atoms with Gasteiger partial charge in [-0.15, -0.1) is 0 Å². The monoisotopic (exact) mass is 574 g/mol. The van der Waals surface area contributed by atoms with E-state index in [0.29, 0.717) is 46.8 Å². The minimum atomic E-state index is -1.53. The van der Waals surface area contributed by atoms with E-state index in [2.05, 4.69) is 0 Å². The van der Waals surface area contributed by atoms with Crippen LogP contribution in [0.4, 0.5) is 0 Å². The Kier molecular flexibility index (Phi) is 6.46. The normalized spacial score (nSPS) is 26.1. The van der Waals surface area contributed by atoms with Gasteiger partial charge in [0.25, 0.3) is 0 Å². The van der Waals surface area contributed by atoms with Gasteiger partial charge in [-0.25, -0.2) is 9.59 Å². The molecule has 1 aliphatic carbocycles. The standard InChI is InChI=1S/C36H30O7/c1-39-32-24-17-11-16-23(24)29(34(37)40-2)31(35(38)41-3)36(22-13-5-4-6-14-22)26-18-9-8-15-25(26)33(43-36)30(32)28-20-21-12-7-10-19-27(21)42-28/h4-10,12-15,18-20,23H,11,16-17H2,1-3H3/b31-29+,32-24+,33-30-/t23-,36-/m0/s1. The number of para-hydroxylation sites is 1. The molecule has 1 fully saturated rings. The zero-order chi connectivity index (χ0) is 29.7. The number of esters is 2. The van der Waals surface area contributed by atoms with Gasteiger partial charge in [0, 0.05) is 28.0 Å². The minimum absolute atomic E-state index is 0.0983. The number of rotatable bonds is 5. The molecule has 0 unspecified atom stereocenters. The number of hydrogen-bond donors (Lipinski definition) is 0. The molecule has 3 aromatic carbocycles. The Bertz CT molecular complexity index is 1840. The van der Waals surface area contributed by atoms with Gasteiger partial charge in [0.2, 0.25) is 0 Å². The Balaban J connectivity index is 1.71. The van der Waals surface area contributed by atoms with E-state index in [4.69, 9.17) is 23.4 Å². The molecule has 2 atom stereocenters. The van der Waals surface area contributed by atoms with Gasteiger partial charge in [-0.1, -0.05) is 72.8 Å². The maximum atomic E-state index is 14.1. The molecule has 7 rings (SSSR count). The van der Waals surface area contributed by atoms with Crippen LogP contribution in [0.15, 0.2) is 112 Å². The molecule has 43 heavy (non-hydrogen) atoms. The van der Waals surface area contributed by atoms with Crippen molar-refractivity contribution in [3.63, 3.8) is 0 Å². The molecule has 2 aliphatic heterocycles. The molecule has 0 spiro atoms. The van der Waals surface area contributed by atoms with Gasteiger partial charge in [0.15, 0.2) is 5.60 Å². The van der Waals surface area contributed by atoms with E-state index in [1.54, 1.807) is 7.11 Å². The SMILES string of the molecule is COC(=O)/C1=C(\C(=O)OC)[C@@]2(c3ccccc3)O/C(=C(c3cc4ccccc4o3)\C(OC)=C3\CCC[C@H]13)c1ccccc12. The Morgan fingerprint density at radius 1 is 0.860 bits per heavy atom. The lowest BCUT2D eigenvalue weighted by Crippen LogP contribution is -2.37. The molecular formula is C36H30O7. The van der Waals surface area contributed by atoms with Crippen LogP contribution in [-0.2, 0) is 34.1 Å². The lowest BCUT2D eigenvalue weighted by molar-refractivity contribution is -0.141. The molecule has 3 heterocycles. The minimum Gasteiger partial charge on any atom is -0.496 e. The highest BCUT2D eigenvalue weighted by Gasteiger charge is 2.56. The summed E-state index contributed by atoms with van der Waals surface area (Å²) in [5.74, 6) is -0.156. The maximum Gasteiger partial charge on any atom is 0.339 e. The molecule has 0 saturated heterocycles. The van der Waals surface area contributed by atoms with Crippen molar-refractivity contribution in [3.05, 3.63) is 130 Å². The van der Waals surface area contributed by atoms with Gasteiger partial charge in [0.05, 0.1) is 26.9 Å². The second-order valence-corrected chi connectivity index (χ2v) is 10.8. The largest absolute Gasteiger partial charge is 0.496 e. The maximum absolute atomic E-state index is 14.1. The summed E-state index contributed by atoms with van der Waals surface area (Å²) in [6.07, 6.45) is 2.05. The van der Waals surface area contributed by atoms with Gasteiger partial charge in [0.1, 0.15) is 34.0 Å². The van der Waals surface area contributed by atoms with Crippen molar-refractivity contribution in [2.45, 2.75) is 24.9 Å². The Labute approximate surface area is 249 Å². The summed E-state index contributed by atoms with van der Waals surface area (Å²) in [5, 5.41) is 0.929. The highest BCUT2D eigenvalue weighted by molar-refractivity contribution is 6.07. The van der Waals surface area contributed by atoms with E-state index in [1.165, 1.54) is 14.2 Å². The molecule has 7 heteroatoms. The third-order valence-corrected chi connectivity index (χ3v) is 8.73. The molecule has 0 amide bonds. The van der Waals surface area contributed by atoms with Gasteiger partial charge in [-0.05, 0) is 37.0 Å². The summed E-state index contributed by atoms with van der Waals surface area (Å²) in [5.41, 5.74) is 3.12. The smallest absolute Gasteiger partial charge is 0.339 e. The zero-order valence-corrected chi connectivity index (χ0v) is 24.1. The molecule has 216 valence electrons. The van der Waals surface area contributed by atoms with Gasteiger partial charge >= 0.3 is 11.9 Å². The number of methoxy groups -OCH3 is 3. The summed E-state index contributed by atoms with van der Waals surface area (Å²) < 4.78 is 30.7. The van der Waals surface area contributed by atoms with E-state index in [0.717, 1.165) is 28.5 Å². The predicted molar refractivity (Wildman–Crippen MR) is 160 cm³/mol. The van der Waals surface area contributed by atoms with E-state index < -0.39 is 23.5 Å². The lowest BCUT2D eigenvalue weighted by Gasteiger charge is -2.34. The molecule has 1 saturated carbocycles. The number of furan rings is 1. The van der Waals surface area contributed by atoms with Crippen LogP contribution < -0.4 is 0 Å². The van der Waals surface area contributed by atoms with Crippen molar-refractivity contribution >= 4 is 34.2 Å². The third kappa shape index (κ3) is 3.88. The first-order chi connectivity index (χ1) is 21.0. The Hall–Kier alpha value is -5.04. The van der Waals surface area contributed by atoms with Crippen molar-refractivity contribution < 1.29 is 33.0 Å². The average molecular weight is 575 g/mol.